The Morgan fingerprint density at radius 3 is 2.38 bits per heavy atom. The molecule has 0 spiro atoms. The van der Waals surface area contributed by atoms with Crippen LogP contribution < -0.4 is 11.3 Å². The van der Waals surface area contributed by atoms with Crippen LogP contribution in [0.5, 0.6) is 0 Å². The van der Waals surface area contributed by atoms with Crippen molar-refractivity contribution in [2.24, 2.45) is 5.84 Å². The van der Waals surface area contributed by atoms with E-state index in [0.717, 1.165) is 0 Å². The highest BCUT2D eigenvalue weighted by Gasteiger charge is 2.26. The number of Topliss-reactive ketones (excluding diaryl/α,β-unsaturated/α-hetero) is 1. The zero-order chi connectivity index (χ0) is 12.5. The lowest BCUT2D eigenvalue weighted by Gasteiger charge is -2.22. The van der Waals surface area contributed by atoms with Gasteiger partial charge in [-0.3, -0.25) is 15.0 Å². The maximum atomic E-state index is 11.5. The number of nitrogens with two attached hydrogens (primary N) is 1. The normalized spacial score (nSPS) is 11.3. The van der Waals surface area contributed by atoms with E-state index >= 15 is 0 Å². The van der Waals surface area contributed by atoms with Crippen LogP contribution in [0.4, 0.5) is 0 Å². The van der Waals surface area contributed by atoms with Crippen molar-refractivity contribution < 1.29 is 9.59 Å². The number of ketones is 1. The topological polar surface area (TPSA) is 90.0 Å². The maximum absolute atomic E-state index is 11.5. The third-order valence-corrected chi connectivity index (χ3v) is 2.17. The van der Waals surface area contributed by atoms with Gasteiger partial charge in [0.1, 0.15) is 5.69 Å². The van der Waals surface area contributed by atoms with Crippen LogP contribution in [0.25, 0.3) is 0 Å². The van der Waals surface area contributed by atoms with E-state index in [2.05, 4.69) is 4.98 Å². The van der Waals surface area contributed by atoms with Crippen LogP contribution >= 0.6 is 0 Å². The van der Waals surface area contributed by atoms with E-state index < -0.39 is 5.91 Å². The van der Waals surface area contributed by atoms with Gasteiger partial charge in [-0.1, -0.05) is 0 Å². The summed E-state index contributed by atoms with van der Waals surface area (Å²) < 4.78 is 1.67. The van der Waals surface area contributed by atoms with Crippen molar-refractivity contribution in [3.8, 4) is 0 Å². The van der Waals surface area contributed by atoms with Gasteiger partial charge >= 0.3 is 0 Å². The van der Waals surface area contributed by atoms with E-state index in [4.69, 9.17) is 5.84 Å². The van der Waals surface area contributed by atoms with Crippen LogP contribution in [0.2, 0.25) is 0 Å². The minimum absolute atomic E-state index is 0.0601. The molecule has 0 fully saturated rings. The monoisotopic (exact) mass is 224 g/mol. The number of hydrogen-bond donors (Lipinski definition) is 2. The fourth-order valence-electron chi connectivity index (χ4n) is 1.43. The summed E-state index contributed by atoms with van der Waals surface area (Å²) in [5, 5.41) is 0. The average molecular weight is 224 g/mol. The number of carbonyl (C=O) groups excluding carboxylic acids is 2. The summed E-state index contributed by atoms with van der Waals surface area (Å²) in [5.41, 5.74) is 1.99. The average Bonchev–Trinajstić information content (AvgIpc) is 2.59. The standard InChI is InChI=1S/C10H16N4O2/c1-6(15)8-7(9(16)13-11)12-5-14(8)10(2,3)4/h5H,11H2,1-4H3,(H,13,16). The van der Waals surface area contributed by atoms with Gasteiger partial charge in [-0.05, 0) is 20.8 Å². The molecule has 0 bridgehead atoms. The highest BCUT2D eigenvalue weighted by molar-refractivity contribution is 6.04. The summed E-state index contributed by atoms with van der Waals surface area (Å²) in [6.07, 6.45) is 1.47. The zero-order valence-corrected chi connectivity index (χ0v) is 9.87. The molecule has 6 nitrogen and oxygen atoms in total. The van der Waals surface area contributed by atoms with Crippen molar-refractivity contribution in [3.63, 3.8) is 0 Å². The Hall–Kier alpha value is -1.69. The number of hydrazine groups is 1. The molecule has 0 aliphatic carbocycles. The lowest BCUT2D eigenvalue weighted by atomic mass is 10.1. The van der Waals surface area contributed by atoms with E-state index in [1.807, 2.05) is 26.2 Å². The van der Waals surface area contributed by atoms with Crippen LogP contribution in [0.3, 0.4) is 0 Å². The second-order valence-electron chi connectivity index (χ2n) is 4.51. The molecule has 1 rings (SSSR count). The fourth-order valence-corrected chi connectivity index (χ4v) is 1.43. The third-order valence-electron chi connectivity index (χ3n) is 2.17. The molecule has 0 atom stereocenters. The maximum Gasteiger partial charge on any atom is 0.286 e. The number of nitrogens with zero attached hydrogens (tertiary/aromatic N) is 2. The smallest absolute Gasteiger partial charge is 0.286 e. The van der Waals surface area contributed by atoms with Gasteiger partial charge < -0.3 is 4.57 Å². The molecule has 0 aliphatic heterocycles. The Morgan fingerprint density at radius 2 is 2.00 bits per heavy atom. The van der Waals surface area contributed by atoms with E-state index in [1.165, 1.54) is 13.3 Å². The highest BCUT2D eigenvalue weighted by atomic mass is 16.2. The number of imidazole rings is 1. The predicted octanol–water partition coefficient (Wildman–Crippen LogP) is 0.444. The Morgan fingerprint density at radius 1 is 1.44 bits per heavy atom. The largest absolute Gasteiger partial charge is 0.322 e. The van der Waals surface area contributed by atoms with E-state index in [0.29, 0.717) is 0 Å². The molecule has 16 heavy (non-hydrogen) atoms. The minimum atomic E-state index is -0.562. The van der Waals surface area contributed by atoms with Crippen molar-refractivity contribution in [1.82, 2.24) is 15.0 Å². The van der Waals surface area contributed by atoms with Gasteiger partial charge in [-0.2, -0.15) is 0 Å². The first-order chi connectivity index (χ1) is 7.29. The predicted molar refractivity (Wildman–Crippen MR) is 58.9 cm³/mol. The lowest BCUT2D eigenvalue weighted by molar-refractivity contribution is 0.0930. The van der Waals surface area contributed by atoms with Crippen LogP contribution in [-0.2, 0) is 5.54 Å². The Labute approximate surface area is 93.8 Å². The molecule has 1 aromatic rings. The summed E-state index contributed by atoms with van der Waals surface area (Å²) in [5.74, 6) is 4.25. The molecular formula is C10H16N4O2. The molecule has 1 amide bonds. The summed E-state index contributed by atoms with van der Waals surface area (Å²) >= 11 is 0. The van der Waals surface area contributed by atoms with E-state index in [-0.39, 0.29) is 22.7 Å². The zero-order valence-electron chi connectivity index (χ0n) is 9.87. The van der Waals surface area contributed by atoms with Gasteiger partial charge in [0, 0.05) is 12.5 Å². The summed E-state index contributed by atoms with van der Waals surface area (Å²) in [4.78, 5) is 26.9. The van der Waals surface area contributed by atoms with Crippen molar-refractivity contribution in [2.45, 2.75) is 33.2 Å². The number of amides is 1. The van der Waals surface area contributed by atoms with Crippen LogP contribution in [0.15, 0.2) is 6.33 Å². The lowest BCUT2D eigenvalue weighted by Crippen LogP contribution is -2.32. The molecule has 6 heteroatoms. The van der Waals surface area contributed by atoms with E-state index in [1.54, 1.807) is 4.57 Å². The SMILES string of the molecule is CC(=O)c1c(C(=O)NN)ncn1C(C)(C)C. The summed E-state index contributed by atoms with van der Waals surface area (Å²) in [6, 6.07) is 0. The van der Waals surface area contributed by atoms with Gasteiger partial charge in [0.05, 0.1) is 6.33 Å². The minimum Gasteiger partial charge on any atom is -0.322 e. The summed E-state index contributed by atoms with van der Waals surface area (Å²) in [7, 11) is 0. The van der Waals surface area contributed by atoms with E-state index in [9.17, 15) is 9.59 Å². The Bertz CT molecular complexity index is 429. The summed E-state index contributed by atoms with van der Waals surface area (Å²) in [6.45, 7) is 7.16. The number of rotatable bonds is 2. The molecule has 0 aromatic carbocycles. The Kier molecular flexibility index (Phi) is 3.14. The molecule has 3 N–H and O–H groups in total. The number of carbonyl (C=O) groups is 2. The number of aromatic nitrogens is 2. The number of hydrogen-bond acceptors (Lipinski definition) is 4. The van der Waals surface area contributed by atoms with Crippen LogP contribution in [-0.4, -0.2) is 21.2 Å². The van der Waals surface area contributed by atoms with Gasteiger partial charge in [0.2, 0.25) is 0 Å². The molecule has 0 radical (unpaired) electrons. The second kappa shape index (κ2) is 4.05. The highest BCUT2D eigenvalue weighted by Crippen LogP contribution is 2.19. The first-order valence-electron chi connectivity index (χ1n) is 4.88. The second-order valence-corrected chi connectivity index (χ2v) is 4.51. The van der Waals surface area contributed by atoms with Crippen molar-refractivity contribution >= 4 is 11.7 Å². The third kappa shape index (κ3) is 2.11. The van der Waals surface area contributed by atoms with Crippen molar-refractivity contribution in [3.05, 3.63) is 17.7 Å². The first kappa shape index (κ1) is 12.4. The molecule has 0 aliphatic rings. The molecule has 1 aromatic heterocycles. The van der Waals surface area contributed by atoms with Crippen molar-refractivity contribution in [2.75, 3.05) is 0 Å². The van der Waals surface area contributed by atoms with Gasteiger partial charge in [0.25, 0.3) is 5.91 Å². The van der Waals surface area contributed by atoms with Crippen LogP contribution in [0.1, 0.15) is 48.7 Å². The molecule has 0 saturated carbocycles. The van der Waals surface area contributed by atoms with Gasteiger partial charge in [0.15, 0.2) is 11.5 Å². The molecule has 1 heterocycles. The molecule has 0 unspecified atom stereocenters. The van der Waals surface area contributed by atoms with Crippen LogP contribution in [0, 0.1) is 0 Å². The van der Waals surface area contributed by atoms with Gasteiger partial charge in [-0.25, -0.2) is 10.8 Å². The molecule has 0 saturated heterocycles. The number of nitrogen functional groups attached to an aromatic ring is 1. The Balaban J connectivity index is 3.40. The number of nitrogens with one attached hydrogen (secondary N) is 1. The molecular weight excluding hydrogens is 208 g/mol. The van der Waals surface area contributed by atoms with Crippen molar-refractivity contribution in [1.29, 1.82) is 0 Å². The fraction of sp³-hybridized carbons (Fsp3) is 0.500. The quantitative estimate of drug-likeness (QED) is 0.330. The molecule has 88 valence electrons. The first-order valence-corrected chi connectivity index (χ1v) is 4.88. The van der Waals surface area contributed by atoms with Gasteiger partial charge in [-0.15, -0.1) is 0 Å².